The highest BCUT2D eigenvalue weighted by Crippen LogP contribution is 2.29. The van der Waals surface area contributed by atoms with Gasteiger partial charge in [-0.15, -0.1) is 11.3 Å². The Kier molecular flexibility index (Phi) is 4.74. The lowest BCUT2D eigenvalue weighted by Gasteiger charge is -2.06. The molecule has 0 unspecified atom stereocenters. The minimum Gasteiger partial charge on any atom is -0.337 e. The van der Waals surface area contributed by atoms with Crippen LogP contribution in [0, 0.1) is 6.92 Å². The lowest BCUT2D eigenvalue weighted by molar-refractivity contribution is 0.598. The van der Waals surface area contributed by atoms with Crippen molar-refractivity contribution in [2.75, 3.05) is 4.72 Å². The van der Waals surface area contributed by atoms with Gasteiger partial charge in [0.2, 0.25) is 0 Å². The molecule has 0 spiro atoms. The molecule has 2 heterocycles. The summed E-state index contributed by atoms with van der Waals surface area (Å²) in [5.74, 6) is 0.633. The van der Waals surface area contributed by atoms with Crippen LogP contribution in [0.5, 0.6) is 0 Å². The third kappa shape index (κ3) is 3.69. The van der Waals surface area contributed by atoms with Crippen LogP contribution in [-0.2, 0) is 17.1 Å². The van der Waals surface area contributed by atoms with Gasteiger partial charge in [0.15, 0.2) is 5.03 Å². The summed E-state index contributed by atoms with van der Waals surface area (Å²) in [4.78, 5) is 8.76. The molecule has 0 aliphatic heterocycles. The summed E-state index contributed by atoms with van der Waals surface area (Å²) in [6.45, 7) is 1.76. The van der Waals surface area contributed by atoms with Gasteiger partial charge in [-0.25, -0.2) is 9.97 Å². The van der Waals surface area contributed by atoms with Gasteiger partial charge in [-0.05, 0) is 19.1 Å². The summed E-state index contributed by atoms with van der Waals surface area (Å²) in [5, 5.41) is 2.95. The van der Waals surface area contributed by atoms with Gasteiger partial charge in [0.1, 0.15) is 10.8 Å². The van der Waals surface area contributed by atoms with E-state index in [1.807, 2.05) is 47.8 Å². The molecule has 0 fully saturated rings. The van der Waals surface area contributed by atoms with E-state index in [2.05, 4.69) is 14.7 Å². The van der Waals surface area contributed by atoms with E-state index in [9.17, 15) is 8.42 Å². The van der Waals surface area contributed by atoms with Crippen LogP contribution in [-0.4, -0.2) is 23.0 Å². The fourth-order valence-corrected chi connectivity index (χ4v) is 4.63. The maximum atomic E-state index is 12.5. The van der Waals surface area contributed by atoms with Crippen LogP contribution in [0.1, 0.15) is 5.82 Å². The van der Waals surface area contributed by atoms with Crippen molar-refractivity contribution in [1.82, 2.24) is 14.5 Å². The van der Waals surface area contributed by atoms with Crippen LogP contribution < -0.4 is 4.72 Å². The third-order valence-corrected chi connectivity index (χ3v) is 6.46. The SMILES string of the molecule is Cc1nc(S(=O)(=O)Nc2ccc(-c3csc(-c4ccccc4)n3)cc2)cn1C. The molecule has 4 rings (SSSR count). The Morgan fingerprint density at radius 2 is 1.68 bits per heavy atom. The minimum atomic E-state index is -3.72. The number of sulfonamides is 1. The molecule has 6 nitrogen and oxygen atoms in total. The number of anilines is 1. The Hall–Kier alpha value is -2.97. The van der Waals surface area contributed by atoms with E-state index in [1.165, 1.54) is 6.20 Å². The summed E-state index contributed by atoms with van der Waals surface area (Å²) >= 11 is 1.58. The Morgan fingerprint density at radius 3 is 2.32 bits per heavy atom. The molecule has 2 aromatic carbocycles. The summed E-state index contributed by atoms with van der Waals surface area (Å²) in [7, 11) is -1.96. The number of thiazole rings is 1. The highest BCUT2D eigenvalue weighted by Gasteiger charge is 2.18. The van der Waals surface area contributed by atoms with Crippen molar-refractivity contribution in [3.63, 3.8) is 0 Å². The van der Waals surface area contributed by atoms with Crippen molar-refractivity contribution in [3.05, 3.63) is 72.0 Å². The normalized spacial score (nSPS) is 11.5. The average molecular weight is 411 g/mol. The number of aryl methyl sites for hydroxylation is 2. The van der Waals surface area contributed by atoms with Crippen LogP contribution in [0.4, 0.5) is 5.69 Å². The second-order valence-electron chi connectivity index (χ2n) is 6.32. The van der Waals surface area contributed by atoms with Gasteiger partial charge in [-0.1, -0.05) is 42.5 Å². The number of nitrogens with zero attached hydrogens (tertiary/aromatic N) is 3. The molecule has 1 N–H and O–H groups in total. The van der Waals surface area contributed by atoms with Crippen molar-refractivity contribution in [1.29, 1.82) is 0 Å². The van der Waals surface area contributed by atoms with Crippen LogP contribution in [0.25, 0.3) is 21.8 Å². The molecule has 0 aliphatic carbocycles. The van der Waals surface area contributed by atoms with Crippen LogP contribution in [0.3, 0.4) is 0 Å². The third-order valence-electron chi connectivity index (χ3n) is 4.32. The number of rotatable bonds is 5. The maximum absolute atomic E-state index is 12.5. The molecule has 0 atom stereocenters. The van der Waals surface area contributed by atoms with E-state index in [0.717, 1.165) is 21.8 Å². The van der Waals surface area contributed by atoms with Gasteiger partial charge >= 0.3 is 0 Å². The Labute approximate surface area is 167 Å². The lowest BCUT2D eigenvalue weighted by atomic mass is 10.1. The first-order valence-corrected chi connectivity index (χ1v) is 10.9. The molecular weight excluding hydrogens is 392 g/mol. The minimum absolute atomic E-state index is 0.00332. The molecule has 0 amide bonds. The standard InChI is InChI=1S/C20H18N4O2S2/c1-14-21-19(12-24(14)2)28(25,26)23-17-10-8-15(9-11-17)18-13-27-20(22-18)16-6-4-3-5-7-16/h3-13,23H,1-2H3. The highest BCUT2D eigenvalue weighted by molar-refractivity contribution is 7.92. The predicted octanol–water partition coefficient (Wildman–Crippen LogP) is 4.32. The predicted molar refractivity (Wildman–Crippen MR) is 112 cm³/mol. The number of benzene rings is 2. The van der Waals surface area contributed by atoms with Crippen molar-refractivity contribution in [3.8, 4) is 21.8 Å². The Bertz CT molecular complexity index is 1190. The van der Waals surface area contributed by atoms with Gasteiger partial charge in [0.05, 0.1) is 5.69 Å². The summed E-state index contributed by atoms with van der Waals surface area (Å²) in [6, 6.07) is 17.2. The topological polar surface area (TPSA) is 76.9 Å². The molecule has 0 saturated heterocycles. The van der Waals surface area contributed by atoms with Crippen LogP contribution >= 0.6 is 11.3 Å². The van der Waals surface area contributed by atoms with Crippen LogP contribution in [0.2, 0.25) is 0 Å². The number of imidazole rings is 1. The molecule has 0 aliphatic rings. The molecule has 28 heavy (non-hydrogen) atoms. The number of hydrogen-bond donors (Lipinski definition) is 1. The van der Waals surface area contributed by atoms with Gasteiger partial charge in [0, 0.05) is 35.4 Å². The fourth-order valence-electron chi connectivity index (χ4n) is 2.69. The van der Waals surface area contributed by atoms with Crippen molar-refractivity contribution in [2.45, 2.75) is 11.9 Å². The molecule has 0 saturated carbocycles. The quantitative estimate of drug-likeness (QED) is 0.532. The van der Waals surface area contributed by atoms with E-state index in [-0.39, 0.29) is 5.03 Å². The second kappa shape index (κ2) is 7.21. The largest absolute Gasteiger partial charge is 0.337 e. The monoisotopic (exact) mass is 410 g/mol. The molecule has 8 heteroatoms. The van der Waals surface area contributed by atoms with E-state index in [4.69, 9.17) is 0 Å². The van der Waals surface area contributed by atoms with Gasteiger partial charge < -0.3 is 4.57 Å². The smallest absolute Gasteiger partial charge is 0.280 e. The Morgan fingerprint density at radius 1 is 0.964 bits per heavy atom. The van der Waals surface area contributed by atoms with Crippen molar-refractivity contribution >= 4 is 27.0 Å². The second-order valence-corrected chi connectivity index (χ2v) is 8.81. The van der Waals surface area contributed by atoms with Gasteiger partial charge in [-0.2, -0.15) is 8.42 Å². The van der Waals surface area contributed by atoms with Gasteiger partial charge in [0.25, 0.3) is 10.0 Å². The van der Waals surface area contributed by atoms with E-state index < -0.39 is 10.0 Å². The highest BCUT2D eigenvalue weighted by atomic mass is 32.2. The van der Waals surface area contributed by atoms with Crippen molar-refractivity contribution < 1.29 is 8.42 Å². The zero-order chi connectivity index (χ0) is 19.7. The van der Waals surface area contributed by atoms with Crippen molar-refractivity contribution in [2.24, 2.45) is 7.05 Å². The summed E-state index contributed by atoms with van der Waals surface area (Å²) < 4.78 is 29.2. The number of nitrogens with one attached hydrogen (secondary N) is 1. The molecule has 0 bridgehead atoms. The molecular formula is C20H18N4O2S2. The number of hydrogen-bond acceptors (Lipinski definition) is 5. The van der Waals surface area contributed by atoms with E-state index >= 15 is 0 Å². The summed E-state index contributed by atoms with van der Waals surface area (Å²) in [5.41, 5.74) is 3.34. The first kappa shape index (κ1) is 18.4. The zero-order valence-corrected chi connectivity index (χ0v) is 17.0. The van der Waals surface area contributed by atoms with Gasteiger partial charge in [-0.3, -0.25) is 4.72 Å². The molecule has 0 radical (unpaired) electrons. The number of aromatic nitrogens is 3. The average Bonchev–Trinajstić information content (AvgIpc) is 3.31. The zero-order valence-electron chi connectivity index (χ0n) is 15.3. The van der Waals surface area contributed by atoms with Crippen LogP contribution in [0.15, 0.2) is 71.2 Å². The molecule has 4 aromatic rings. The van der Waals surface area contributed by atoms with E-state index in [0.29, 0.717) is 11.5 Å². The Balaban J connectivity index is 1.54. The first-order chi connectivity index (χ1) is 13.4. The first-order valence-electron chi connectivity index (χ1n) is 8.56. The lowest BCUT2D eigenvalue weighted by Crippen LogP contribution is -2.13. The van der Waals surface area contributed by atoms with E-state index in [1.54, 1.807) is 42.0 Å². The summed E-state index contributed by atoms with van der Waals surface area (Å²) in [6.07, 6.45) is 1.49. The molecule has 142 valence electrons. The maximum Gasteiger partial charge on any atom is 0.280 e. The fraction of sp³-hybridized carbons (Fsp3) is 0.100. The molecule has 2 aromatic heterocycles.